The van der Waals surface area contributed by atoms with Gasteiger partial charge in [0, 0.05) is 11.0 Å². The van der Waals surface area contributed by atoms with Crippen molar-refractivity contribution >= 4 is 33.4 Å². The average Bonchev–Trinajstić information content (AvgIpc) is 2.43. The van der Waals surface area contributed by atoms with E-state index in [0.29, 0.717) is 26.2 Å². The van der Waals surface area contributed by atoms with Crippen LogP contribution in [0.5, 0.6) is 0 Å². The highest BCUT2D eigenvalue weighted by Crippen LogP contribution is 2.25. The first-order valence-corrected chi connectivity index (χ1v) is 7.13. The zero-order valence-corrected chi connectivity index (χ0v) is 13.1. The summed E-state index contributed by atoms with van der Waals surface area (Å²) in [6.07, 6.45) is 0. The average molecular weight is 357 g/mol. The van der Waals surface area contributed by atoms with Crippen LogP contribution in [0.4, 0.5) is 4.39 Å². The van der Waals surface area contributed by atoms with Crippen LogP contribution in [0, 0.1) is 12.7 Å². The van der Waals surface area contributed by atoms with Gasteiger partial charge in [-0.05, 0) is 52.2 Å². The number of hydrogen-bond donors (Lipinski definition) is 1. The lowest BCUT2D eigenvalue weighted by Gasteiger charge is -2.08. The van der Waals surface area contributed by atoms with E-state index < -0.39 is 0 Å². The third-order valence-electron chi connectivity index (χ3n) is 2.89. The minimum Gasteiger partial charge on any atom is -0.348 e. The van der Waals surface area contributed by atoms with Gasteiger partial charge in [-0.3, -0.25) is 4.79 Å². The molecule has 0 spiro atoms. The molecular formula is C15H12BrClFNO. The summed E-state index contributed by atoms with van der Waals surface area (Å²) in [7, 11) is 0. The second-order valence-electron chi connectivity index (χ2n) is 4.37. The number of halogens is 3. The first kappa shape index (κ1) is 15.0. The number of benzene rings is 2. The molecule has 104 valence electrons. The maximum atomic E-state index is 13.4. The van der Waals surface area contributed by atoms with Gasteiger partial charge in [-0.2, -0.15) is 0 Å². The molecular weight excluding hydrogens is 345 g/mol. The van der Waals surface area contributed by atoms with Crippen LogP contribution in [0.1, 0.15) is 21.5 Å². The largest absolute Gasteiger partial charge is 0.348 e. The van der Waals surface area contributed by atoms with Crippen molar-refractivity contribution in [1.82, 2.24) is 5.32 Å². The fraction of sp³-hybridized carbons (Fsp3) is 0.133. The number of carbonyl (C=O) groups excluding carboxylic acids is 1. The monoisotopic (exact) mass is 355 g/mol. The predicted octanol–water partition coefficient (Wildman–Crippen LogP) is 4.48. The van der Waals surface area contributed by atoms with Crippen molar-refractivity contribution < 1.29 is 9.18 Å². The summed E-state index contributed by atoms with van der Waals surface area (Å²) < 4.78 is 14.1. The van der Waals surface area contributed by atoms with Crippen LogP contribution in [-0.4, -0.2) is 5.91 Å². The van der Waals surface area contributed by atoms with Crippen molar-refractivity contribution in [3.8, 4) is 0 Å². The SMILES string of the molecule is Cc1ccc(CNC(=O)c2cccc(Br)c2Cl)cc1F. The molecule has 2 rings (SSSR count). The van der Waals surface area contributed by atoms with E-state index >= 15 is 0 Å². The first-order valence-electron chi connectivity index (χ1n) is 5.96. The fourth-order valence-corrected chi connectivity index (χ4v) is 2.28. The summed E-state index contributed by atoms with van der Waals surface area (Å²) in [6.45, 7) is 1.94. The molecule has 0 fully saturated rings. The summed E-state index contributed by atoms with van der Waals surface area (Å²) in [6, 6.07) is 10.0. The molecule has 0 unspecified atom stereocenters. The number of rotatable bonds is 3. The Morgan fingerprint density at radius 3 is 2.80 bits per heavy atom. The van der Waals surface area contributed by atoms with Gasteiger partial charge in [0.15, 0.2) is 0 Å². The molecule has 1 amide bonds. The Morgan fingerprint density at radius 2 is 2.10 bits per heavy atom. The van der Waals surface area contributed by atoms with E-state index in [9.17, 15) is 9.18 Å². The summed E-state index contributed by atoms with van der Waals surface area (Å²) in [5, 5.41) is 3.08. The van der Waals surface area contributed by atoms with Gasteiger partial charge in [0.05, 0.1) is 10.6 Å². The van der Waals surface area contributed by atoms with Gasteiger partial charge in [0.1, 0.15) is 5.82 Å². The van der Waals surface area contributed by atoms with Gasteiger partial charge < -0.3 is 5.32 Å². The third-order valence-corrected chi connectivity index (χ3v) is 4.18. The molecule has 1 N–H and O–H groups in total. The number of nitrogens with one attached hydrogen (secondary N) is 1. The van der Waals surface area contributed by atoms with Gasteiger partial charge in [0.25, 0.3) is 5.91 Å². The molecule has 0 radical (unpaired) electrons. The zero-order valence-electron chi connectivity index (χ0n) is 10.7. The highest BCUT2D eigenvalue weighted by atomic mass is 79.9. The van der Waals surface area contributed by atoms with Crippen LogP contribution < -0.4 is 5.32 Å². The van der Waals surface area contributed by atoms with E-state index in [1.807, 2.05) is 0 Å². The third kappa shape index (κ3) is 3.38. The van der Waals surface area contributed by atoms with Crippen LogP contribution >= 0.6 is 27.5 Å². The summed E-state index contributed by atoms with van der Waals surface area (Å²) >= 11 is 9.31. The quantitative estimate of drug-likeness (QED) is 0.863. The summed E-state index contributed by atoms with van der Waals surface area (Å²) in [5.41, 5.74) is 1.66. The Kier molecular flexibility index (Phi) is 4.78. The molecule has 0 saturated heterocycles. The van der Waals surface area contributed by atoms with E-state index in [1.54, 1.807) is 37.3 Å². The van der Waals surface area contributed by atoms with Crippen LogP contribution in [-0.2, 0) is 6.54 Å². The smallest absolute Gasteiger partial charge is 0.253 e. The zero-order chi connectivity index (χ0) is 14.7. The van der Waals surface area contributed by atoms with E-state index in [4.69, 9.17) is 11.6 Å². The number of amides is 1. The van der Waals surface area contributed by atoms with Crippen molar-refractivity contribution in [2.75, 3.05) is 0 Å². The molecule has 0 heterocycles. The normalized spacial score (nSPS) is 10.4. The van der Waals surface area contributed by atoms with Crippen LogP contribution in [0.15, 0.2) is 40.9 Å². The lowest BCUT2D eigenvalue weighted by molar-refractivity contribution is 0.0951. The molecule has 0 aliphatic heterocycles. The Bertz CT molecular complexity index is 660. The lowest BCUT2D eigenvalue weighted by atomic mass is 10.1. The molecule has 0 bridgehead atoms. The summed E-state index contributed by atoms with van der Waals surface area (Å²) in [4.78, 5) is 12.0. The number of aryl methyl sites for hydroxylation is 1. The molecule has 5 heteroatoms. The highest BCUT2D eigenvalue weighted by Gasteiger charge is 2.12. The predicted molar refractivity (Wildman–Crippen MR) is 81.5 cm³/mol. The fourth-order valence-electron chi connectivity index (χ4n) is 1.70. The maximum absolute atomic E-state index is 13.4. The highest BCUT2D eigenvalue weighted by molar-refractivity contribution is 9.10. The van der Waals surface area contributed by atoms with E-state index in [1.165, 1.54) is 6.07 Å². The van der Waals surface area contributed by atoms with Gasteiger partial charge in [-0.1, -0.05) is 29.8 Å². The molecule has 0 aliphatic rings. The van der Waals surface area contributed by atoms with Crippen LogP contribution in [0.3, 0.4) is 0 Å². The second kappa shape index (κ2) is 6.37. The molecule has 2 nitrogen and oxygen atoms in total. The molecule has 0 saturated carbocycles. The standard InChI is InChI=1S/C15H12BrClFNO/c1-9-5-6-10(7-13(9)18)8-19-15(20)11-3-2-4-12(16)14(11)17/h2-7H,8H2,1H3,(H,19,20). The van der Waals surface area contributed by atoms with E-state index in [2.05, 4.69) is 21.2 Å². The Balaban J connectivity index is 2.08. The Morgan fingerprint density at radius 1 is 1.35 bits per heavy atom. The molecule has 0 aromatic heterocycles. The minimum atomic E-state index is -0.294. The van der Waals surface area contributed by atoms with Crippen molar-refractivity contribution in [2.45, 2.75) is 13.5 Å². The van der Waals surface area contributed by atoms with Crippen molar-refractivity contribution in [3.63, 3.8) is 0 Å². The van der Waals surface area contributed by atoms with Crippen LogP contribution in [0.2, 0.25) is 5.02 Å². The molecule has 2 aromatic rings. The molecule has 2 aromatic carbocycles. The Hall–Kier alpha value is -1.39. The molecule has 20 heavy (non-hydrogen) atoms. The lowest BCUT2D eigenvalue weighted by Crippen LogP contribution is -2.23. The van der Waals surface area contributed by atoms with Crippen molar-refractivity contribution in [2.24, 2.45) is 0 Å². The van der Waals surface area contributed by atoms with Crippen molar-refractivity contribution in [3.05, 3.63) is 68.4 Å². The van der Waals surface area contributed by atoms with Gasteiger partial charge >= 0.3 is 0 Å². The Labute approximate surface area is 130 Å². The first-order chi connectivity index (χ1) is 9.49. The van der Waals surface area contributed by atoms with Crippen molar-refractivity contribution in [1.29, 1.82) is 0 Å². The van der Waals surface area contributed by atoms with E-state index in [-0.39, 0.29) is 18.3 Å². The van der Waals surface area contributed by atoms with E-state index in [0.717, 1.165) is 0 Å². The van der Waals surface area contributed by atoms with Gasteiger partial charge in [-0.15, -0.1) is 0 Å². The van der Waals surface area contributed by atoms with Gasteiger partial charge in [-0.25, -0.2) is 4.39 Å². The van der Waals surface area contributed by atoms with Crippen LogP contribution in [0.25, 0.3) is 0 Å². The minimum absolute atomic E-state index is 0.249. The number of carbonyl (C=O) groups is 1. The topological polar surface area (TPSA) is 29.1 Å². The molecule has 0 atom stereocenters. The maximum Gasteiger partial charge on any atom is 0.253 e. The molecule has 0 aliphatic carbocycles. The summed E-state index contributed by atoms with van der Waals surface area (Å²) in [5.74, 6) is -0.575. The number of hydrogen-bond acceptors (Lipinski definition) is 1. The second-order valence-corrected chi connectivity index (χ2v) is 5.60. The van der Waals surface area contributed by atoms with Gasteiger partial charge in [0.2, 0.25) is 0 Å².